The van der Waals surface area contributed by atoms with Crippen LogP contribution in [0.15, 0.2) is 0 Å². The standard InChI is InChI=1S/C5H9NO4.4Na.4H/c6-3(5(9)10)1-2-4(7)8;;;;;;;;/h3H,1-2,6H2,(H,7,8)(H,9,10);;;;;;;;/q;4*+1;4*-1/t3-;;;;;;;;/m0......../s1. The second-order valence-electron chi connectivity index (χ2n) is 1.88. The summed E-state index contributed by atoms with van der Waals surface area (Å²) < 4.78 is 0. The number of aliphatic carboxylic acids is 2. The maximum absolute atomic E-state index is 9.99. The first kappa shape index (κ1) is 30.2. The van der Waals surface area contributed by atoms with E-state index in [4.69, 9.17) is 15.9 Å². The average molecular weight is 243 g/mol. The summed E-state index contributed by atoms with van der Waals surface area (Å²) in [7, 11) is 0. The minimum atomic E-state index is -1.17. The van der Waals surface area contributed by atoms with Gasteiger partial charge in [0.15, 0.2) is 0 Å². The Balaban J connectivity index is -0.0000000145. The molecule has 0 amide bonds. The molecule has 0 aromatic heterocycles. The van der Waals surface area contributed by atoms with Crippen LogP contribution in [-0.4, -0.2) is 28.2 Å². The molecular weight excluding hydrogens is 230 g/mol. The zero-order chi connectivity index (χ0) is 8.15. The number of carboxylic acids is 2. The van der Waals surface area contributed by atoms with Gasteiger partial charge in [-0.2, -0.15) is 0 Å². The monoisotopic (exact) mass is 243 g/mol. The molecule has 14 heavy (non-hydrogen) atoms. The van der Waals surface area contributed by atoms with Crippen LogP contribution >= 0.6 is 0 Å². The molecule has 0 bridgehead atoms. The Morgan fingerprint density at radius 3 is 1.71 bits per heavy atom. The summed E-state index contributed by atoms with van der Waals surface area (Å²) in [6, 6.07) is -1.06. The van der Waals surface area contributed by atoms with Gasteiger partial charge < -0.3 is 21.7 Å². The average Bonchev–Trinajstić information content (AvgIpc) is 1.82. The first-order chi connectivity index (χ1) is 4.54. The van der Waals surface area contributed by atoms with Crippen molar-refractivity contribution in [2.75, 3.05) is 0 Å². The van der Waals surface area contributed by atoms with Gasteiger partial charge in [0.05, 0.1) is 0 Å². The molecule has 1 atom stereocenters. The molecule has 0 aromatic carbocycles. The molecule has 0 saturated carbocycles. The van der Waals surface area contributed by atoms with Gasteiger partial charge in [0.25, 0.3) is 0 Å². The Labute approximate surface area is 177 Å². The van der Waals surface area contributed by atoms with Gasteiger partial charge in [-0.25, -0.2) is 0 Å². The molecular formula is C5H13NNa4O4. The van der Waals surface area contributed by atoms with Crippen molar-refractivity contribution in [2.45, 2.75) is 18.9 Å². The molecule has 0 saturated heterocycles. The van der Waals surface area contributed by atoms with E-state index >= 15 is 0 Å². The van der Waals surface area contributed by atoms with Crippen molar-refractivity contribution in [3.63, 3.8) is 0 Å². The van der Waals surface area contributed by atoms with Gasteiger partial charge in [0, 0.05) is 6.42 Å². The van der Waals surface area contributed by atoms with Crippen LogP contribution in [-0.2, 0) is 9.59 Å². The van der Waals surface area contributed by atoms with Gasteiger partial charge >= 0.3 is 130 Å². The molecule has 0 aromatic rings. The van der Waals surface area contributed by atoms with Gasteiger partial charge in [-0.3, -0.25) is 9.59 Å². The van der Waals surface area contributed by atoms with Gasteiger partial charge in [0.2, 0.25) is 0 Å². The molecule has 66 valence electrons. The van der Waals surface area contributed by atoms with Crippen molar-refractivity contribution in [1.29, 1.82) is 0 Å². The van der Waals surface area contributed by atoms with E-state index in [-0.39, 0.29) is 137 Å². The van der Waals surface area contributed by atoms with Crippen molar-refractivity contribution in [1.82, 2.24) is 0 Å². The minimum absolute atomic E-state index is 0. The largest absolute Gasteiger partial charge is 1.00 e. The second kappa shape index (κ2) is 18.3. The van der Waals surface area contributed by atoms with Gasteiger partial charge in [-0.1, -0.05) is 0 Å². The van der Waals surface area contributed by atoms with E-state index in [2.05, 4.69) is 0 Å². The van der Waals surface area contributed by atoms with Crippen molar-refractivity contribution in [3.05, 3.63) is 0 Å². The SMILES string of the molecule is N[C@@H](CCC(=O)O)C(=O)O.[H-].[H-].[H-].[H-].[Na+].[Na+].[Na+].[Na+]. The molecule has 0 aliphatic heterocycles. The Bertz CT molecular complexity index is 170. The van der Waals surface area contributed by atoms with E-state index in [9.17, 15) is 9.59 Å². The van der Waals surface area contributed by atoms with E-state index < -0.39 is 18.0 Å². The second-order valence-corrected chi connectivity index (χ2v) is 1.88. The number of nitrogens with two attached hydrogens (primary N) is 1. The van der Waals surface area contributed by atoms with E-state index in [0.717, 1.165) is 0 Å². The molecule has 0 radical (unpaired) electrons. The summed E-state index contributed by atoms with van der Waals surface area (Å²) in [6.45, 7) is 0. The third-order valence-corrected chi connectivity index (χ3v) is 0.986. The molecule has 0 fully saturated rings. The van der Waals surface area contributed by atoms with Gasteiger partial charge in [-0.15, -0.1) is 0 Å². The summed E-state index contributed by atoms with van der Waals surface area (Å²) in [5.41, 5.74) is 5.00. The summed E-state index contributed by atoms with van der Waals surface area (Å²) >= 11 is 0. The molecule has 0 spiro atoms. The maximum atomic E-state index is 9.99. The first-order valence-corrected chi connectivity index (χ1v) is 2.74. The van der Waals surface area contributed by atoms with Crippen molar-refractivity contribution >= 4 is 11.9 Å². The third-order valence-electron chi connectivity index (χ3n) is 0.986. The fourth-order valence-corrected chi connectivity index (χ4v) is 0.402. The molecule has 0 unspecified atom stereocenters. The molecule has 0 rings (SSSR count). The van der Waals surface area contributed by atoms with Crippen LogP contribution in [0.3, 0.4) is 0 Å². The number of hydrogen-bond donors (Lipinski definition) is 3. The predicted octanol–water partition coefficient (Wildman–Crippen LogP) is -12.3. The Hall–Kier alpha value is 2.90. The van der Waals surface area contributed by atoms with Crippen LogP contribution in [0.1, 0.15) is 18.5 Å². The van der Waals surface area contributed by atoms with E-state index in [1.54, 1.807) is 0 Å². The zero-order valence-electron chi connectivity index (χ0n) is 13.3. The Morgan fingerprint density at radius 1 is 1.14 bits per heavy atom. The van der Waals surface area contributed by atoms with Gasteiger partial charge in [0.1, 0.15) is 6.04 Å². The van der Waals surface area contributed by atoms with E-state index in [1.807, 2.05) is 0 Å². The molecule has 4 N–H and O–H groups in total. The summed E-state index contributed by atoms with van der Waals surface area (Å²) in [6.07, 6.45) is -0.224. The first-order valence-electron chi connectivity index (χ1n) is 2.74. The Kier molecular flexibility index (Phi) is 39.4. The molecule has 0 aliphatic carbocycles. The molecule has 5 nitrogen and oxygen atoms in total. The molecule has 0 heterocycles. The normalized spacial score (nSPS) is 8.93. The Morgan fingerprint density at radius 2 is 1.50 bits per heavy atom. The fraction of sp³-hybridized carbons (Fsp3) is 0.600. The number of carbonyl (C=O) groups is 2. The van der Waals surface area contributed by atoms with Crippen LogP contribution < -0.4 is 124 Å². The van der Waals surface area contributed by atoms with E-state index in [1.165, 1.54) is 0 Å². The van der Waals surface area contributed by atoms with Crippen LogP contribution in [0.5, 0.6) is 0 Å². The summed E-state index contributed by atoms with van der Waals surface area (Å²) in [5.74, 6) is -2.20. The summed E-state index contributed by atoms with van der Waals surface area (Å²) in [4.78, 5) is 19.9. The quantitative estimate of drug-likeness (QED) is 0.426. The maximum Gasteiger partial charge on any atom is 1.00 e. The van der Waals surface area contributed by atoms with Gasteiger partial charge in [-0.05, 0) is 6.42 Å². The van der Waals surface area contributed by atoms with Crippen LogP contribution in [0.2, 0.25) is 0 Å². The summed E-state index contributed by atoms with van der Waals surface area (Å²) in [5, 5.41) is 16.3. The third kappa shape index (κ3) is 20.3. The van der Waals surface area contributed by atoms with Crippen LogP contribution in [0.25, 0.3) is 0 Å². The van der Waals surface area contributed by atoms with Crippen LogP contribution in [0, 0.1) is 0 Å². The number of rotatable bonds is 4. The minimum Gasteiger partial charge on any atom is -1.00 e. The van der Waals surface area contributed by atoms with Crippen molar-refractivity contribution < 1.29 is 144 Å². The van der Waals surface area contributed by atoms with E-state index in [0.29, 0.717) is 0 Å². The van der Waals surface area contributed by atoms with Crippen molar-refractivity contribution in [2.24, 2.45) is 5.73 Å². The van der Waals surface area contributed by atoms with Crippen LogP contribution in [0.4, 0.5) is 0 Å². The fourth-order valence-electron chi connectivity index (χ4n) is 0.402. The molecule has 9 heteroatoms. The topological polar surface area (TPSA) is 101 Å². The number of hydrogen-bond acceptors (Lipinski definition) is 3. The van der Waals surface area contributed by atoms with Crippen molar-refractivity contribution in [3.8, 4) is 0 Å². The zero-order valence-corrected chi connectivity index (χ0v) is 17.3. The smallest absolute Gasteiger partial charge is 1.00 e. The number of carboxylic acid groups (broad SMARTS) is 2. The molecule has 0 aliphatic rings. The predicted molar refractivity (Wildman–Crippen MR) is 36.9 cm³/mol.